The minimum absolute atomic E-state index is 0.140. The number of carbonyl (C=O) groups is 2. The van der Waals surface area contributed by atoms with Gasteiger partial charge in [0.2, 0.25) is 0 Å². The van der Waals surface area contributed by atoms with Crippen LogP contribution < -0.4 is 16.4 Å². The Balaban J connectivity index is 1.40. The molecule has 2 aromatic heterocycles. The predicted octanol–water partition coefficient (Wildman–Crippen LogP) is 5.01. The van der Waals surface area contributed by atoms with E-state index in [-0.39, 0.29) is 5.91 Å². The first-order valence-electron chi connectivity index (χ1n) is 13.5. The summed E-state index contributed by atoms with van der Waals surface area (Å²) in [4.78, 5) is 34.1. The Morgan fingerprint density at radius 1 is 0.974 bits per heavy atom. The van der Waals surface area contributed by atoms with E-state index in [1.54, 1.807) is 12.1 Å². The smallest absolute Gasteiger partial charge is 0.407 e. The number of para-hydroxylation sites is 1. The van der Waals surface area contributed by atoms with Crippen LogP contribution in [0.25, 0.3) is 21.9 Å². The molecule has 4 rings (SSSR count). The van der Waals surface area contributed by atoms with E-state index in [0.717, 1.165) is 47.1 Å². The Bertz CT molecular complexity index is 1450. The van der Waals surface area contributed by atoms with Crippen molar-refractivity contribution in [1.29, 1.82) is 0 Å². The Morgan fingerprint density at radius 2 is 1.72 bits per heavy atom. The van der Waals surface area contributed by atoms with Crippen LogP contribution in [0.5, 0.6) is 0 Å². The Labute approximate surface area is 229 Å². The fourth-order valence-corrected chi connectivity index (χ4v) is 4.50. The van der Waals surface area contributed by atoms with Gasteiger partial charge in [0.25, 0.3) is 5.91 Å². The predicted molar refractivity (Wildman–Crippen MR) is 155 cm³/mol. The quantitative estimate of drug-likeness (QED) is 0.265. The molecular weight excluding hydrogens is 492 g/mol. The number of anilines is 1. The second-order valence-electron chi connectivity index (χ2n) is 10.6. The van der Waals surface area contributed by atoms with Gasteiger partial charge in [0.15, 0.2) is 5.82 Å². The third-order valence-electron chi connectivity index (χ3n) is 6.36. The molecule has 9 nitrogen and oxygen atoms in total. The molecule has 0 aliphatic heterocycles. The molecule has 206 valence electrons. The molecule has 2 aromatic carbocycles. The molecule has 9 heteroatoms. The minimum atomic E-state index is -0.528. The first kappa shape index (κ1) is 27.9. The van der Waals surface area contributed by atoms with Crippen molar-refractivity contribution < 1.29 is 14.3 Å². The number of nitrogens with two attached hydrogens (primary N) is 1. The number of aromatic nitrogens is 3. The lowest BCUT2D eigenvalue weighted by Gasteiger charge is -2.19. The fourth-order valence-electron chi connectivity index (χ4n) is 4.50. The number of hydrogen-bond donors (Lipinski definition) is 3. The van der Waals surface area contributed by atoms with E-state index in [2.05, 4.69) is 27.1 Å². The lowest BCUT2D eigenvalue weighted by atomic mass is 10.1. The SMILES string of the molecule is CCCCc1nc2c(N)nc3ccccc3c2n1CCNC(=O)c1ccc(CCNC(=O)OC(C)(C)C)cc1. The molecule has 0 atom stereocenters. The monoisotopic (exact) mass is 530 g/mol. The number of imidazole rings is 1. The van der Waals surface area contributed by atoms with E-state index >= 15 is 0 Å². The molecule has 0 spiro atoms. The molecule has 0 aliphatic rings. The average Bonchev–Trinajstić information content (AvgIpc) is 3.26. The van der Waals surface area contributed by atoms with Gasteiger partial charge in [-0.05, 0) is 57.4 Å². The highest BCUT2D eigenvalue weighted by Crippen LogP contribution is 2.29. The number of amides is 2. The van der Waals surface area contributed by atoms with Crippen LogP contribution >= 0.6 is 0 Å². The van der Waals surface area contributed by atoms with Gasteiger partial charge >= 0.3 is 6.09 Å². The Morgan fingerprint density at radius 3 is 2.44 bits per heavy atom. The molecule has 2 heterocycles. The van der Waals surface area contributed by atoms with Crippen molar-refractivity contribution in [3.63, 3.8) is 0 Å². The summed E-state index contributed by atoms with van der Waals surface area (Å²) in [6, 6.07) is 15.3. The number of carbonyl (C=O) groups excluding carboxylic acids is 2. The molecule has 0 unspecified atom stereocenters. The van der Waals surface area contributed by atoms with Crippen molar-refractivity contribution in [2.24, 2.45) is 0 Å². The standard InChI is InChI=1S/C30H38N6O3/c1-5-6-11-24-35-25-26(22-9-7-8-10-23(22)34-27(25)31)36(24)19-18-32-28(37)21-14-12-20(13-15-21)16-17-33-29(38)39-30(2,3)4/h7-10,12-15H,5-6,11,16-19H2,1-4H3,(H2,31,34)(H,32,37)(H,33,38). The van der Waals surface area contributed by atoms with E-state index < -0.39 is 11.7 Å². The highest BCUT2D eigenvalue weighted by Gasteiger charge is 2.18. The normalized spacial score (nSPS) is 11.6. The Hall–Kier alpha value is -4.14. The summed E-state index contributed by atoms with van der Waals surface area (Å²) in [5, 5.41) is 6.79. The topological polar surface area (TPSA) is 124 Å². The number of aryl methyl sites for hydroxylation is 1. The number of pyridine rings is 1. The number of ether oxygens (including phenoxy) is 1. The summed E-state index contributed by atoms with van der Waals surface area (Å²) in [5.74, 6) is 1.24. The van der Waals surface area contributed by atoms with Gasteiger partial charge in [-0.15, -0.1) is 0 Å². The first-order chi connectivity index (χ1) is 18.7. The molecule has 4 aromatic rings. The van der Waals surface area contributed by atoms with Crippen molar-refractivity contribution in [2.45, 2.75) is 65.5 Å². The van der Waals surface area contributed by atoms with Crippen LogP contribution in [0.2, 0.25) is 0 Å². The molecule has 2 amide bonds. The lowest BCUT2D eigenvalue weighted by molar-refractivity contribution is 0.0528. The van der Waals surface area contributed by atoms with Gasteiger partial charge in [0, 0.05) is 37.0 Å². The van der Waals surface area contributed by atoms with Crippen LogP contribution in [0.15, 0.2) is 48.5 Å². The van der Waals surface area contributed by atoms with Crippen molar-refractivity contribution in [1.82, 2.24) is 25.2 Å². The van der Waals surface area contributed by atoms with E-state index in [1.807, 2.05) is 57.2 Å². The number of alkyl carbamates (subject to hydrolysis) is 1. The van der Waals surface area contributed by atoms with Crippen LogP contribution in [0, 0.1) is 0 Å². The molecular formula is C30H38N6O3. The highest BCUT2D eigenvalue weighted by atomic mass is 16.6. The number of hydrogen-bond acceptors (Lipinski definition) is 6. The van der Waals surface area contributed by atoms with Crippen molar-refractivity contribution in [3.8, 4) is 0 Å². The second kappa shape index (κ2) is 12.1. The van der Waals surface area contributed by atoms with Crippen LogP contribution in [0.3, 0.4) is 0 Å². The van der Waals surface area contributed by atoms with Crippen LogP contribution in [0.1, 0.15) is 62.3 Å². The van der Waals surface area contributed by atoms with Crippen molar-refractivity contribution in [3.05, 3.63) is 65.5 Å². The summed E-state index contributed by atoms with van der Waals surface area (Å²) >= 11 is 0. The van der Waals surface area contributed by atoms with E-state index in [1.165, 1.54) is 0 Å². The van der Waals surface area contributed by atoms with E-state index in [4.69, 9.17) is 15.5 Å². The van der Waals surface area contributed by atoms with Crippen LogP contribution in [-0.2, 0) is 24.1 Å². The summed E-state index contributed by atoms with van der Waals surface area (Å²) in [7, 11) is 0. The number of unbranched alkanes of at least 4 members (excludes halogenated alkanes) is 1. The lowest BCUT2D eigenvalue weighted by Crippen LogP contribution is -2.33. The van der Waals surface area contributed by atoms with Gasteiger partial charge in [-0.2, -0.15) is 0 Å². The maximum atomic E-state index is 12.9. The van der Waals surface area contributed by atoms with Gasteiger partial charge < -0.3 is 25.7 Å². The third kappa shape index (κ3) is 7.04. The first-order valence-corrected chi connectivity index (χ1v) is 13.5. The molecule has 0 radical (unpaired) electrons. The maximum Gasteiger partial charge on any atom is 0.407 e. The Kier molecular flexibility index (Phi) is 8.69. The van der Waals surface area contributed by atoms with Gasteiger partial charge in [0.1, 0.15) is 16.9 Å². The second-order valence-corrected chi connectivity index (χ2v) is 10.6. The molecule has 0 fully saturated rings. The molecule has 0 saturated heterocycles. The number of nitrogens with one attached hydrogen (secondary N) is 2. The summed E-state index contributed by atoms with van der Waals surface area (Å²) in [5.41, 5.74) is 9.86. The van der Waals surface area contributed by atoms with E-state index in [9.17, 15) is 9.59 Å². The number of benzene rings is 2. The van der Waals surface area contributed by atoms with Gasteiger partial charge in [-0.3, -0.25) is 4.79 Å². The van der Waals surface area contributed by atoms with Crippen molar-refractivity contribution in [2.75, 3.05) is 18.8 Å². The van der Waals surface area contributed by atoms with E-state index in [0.29, 0.717) is 43.0 Å². The van der Waals surface area contributed by atoms with Crippen LogP contribution in [0.4, 0.5) is 10.6 Å². The van der Waals surface area contributed by atoms with Gasteiger partial charge in [-0.1, -0.05) is 43.7 Å². The molecule has 4 N–H and O–H groups in total. The molecule has 0 bridgehead atoms. The minimum Gasteiger partial charge on any atom is -0.444 e. The molecule has 39 heavy (non-hydrogen) atoms. The zero-order valence-electron chi connectivity index (χ0n) is 23.2. The number of fused-ring (bicyclic) bond motifs is 3. The maximum absolute atomic E-state index is 12.9. The molecule has 0 aliphatic carbocycles. The summed E-state index contributed by atoms with van der Waals surface area (Å²) < 4.78 is 7.42. The summed E-state index contributed by atoms with van der Waals surface area (Å²) in [6.07, 6.45) is 3.11. The van der Waals surface area contributed by atoms with Gasteiger partial charge in [-0.25, -0.2) is 14.8 Å². The summed E-state index contributed by atoms with van der Waals surface area (Å²) in [6.45, 7) is 9.11. The third-order valence-corrected chi connectivity index (χ3v) is 6.36. The largest absolute Gasteiger partial charge is 0.444 e. The van der Waals surface area contributed by atoms with Gasteiger partial charge in [0.05, 0.1) is 11.0 Å². The average molecular weight is 531 g/mol. The zero-order chi connectivity index (χ0) is 28.0. The fraction of sp³-hybridized carbons (Fsp3) is 0.400. The number of rotatable bonds is 10. The zero-order valence-corrected chi connectivity index (χ0v) is 23.2. The number of nitrogens with zero attached hydrogens (tertiary/aromatic N) is 3. The highest BCUT2D eigenvalue weighted by molar-refractivity contribution is 6.06. The number of nitrogen functional groups attached to an aromatic ring is 1. The molecule has 0 saturated carbocycles. The van der Waals surface area contributed by atoms with Crippen LogP contribution in [-0.4, -0.2) is 45.2 Å². The van der Waals surface area contributed by atoms with Crippen molar-refractivity contribution >= 4 is 39.8 Å².